The van der Waals surface area contributed by atoms with E-state index in [1.54, 1.807) is 12.1 Å². The molecule has 7 heteroatoms. The molecule has 0 aromatic carbocycles. The molecule has 0 atom stereocenters. The van der Waals surface area contributed by atoms with Gasteiger partial charge in [0, 0.05) is 25.0 Å². The summed E-state index contributed by atoms with van der Waals surface area (Å²) in [5.41, 5.74) is 0.596. The van der Waals surface area contributed by atoms with Crippen molar-refractivity contribution in [3.63, 3.8) is 0 Å². The Labute approximate surface area is 118 Å². The molecule has 108 valence electrons. The summed E-state index contributed by atoms with van der Waals surface area (Å²) in [6.07, 6.45) is 2.45. The summed E-state index contributed by atoms with van der Waals surface area (Å²) in [6.45, 7) is 0.674. The van der Waals surface area contributed by atoms with Crippen molar-refractivity contribution in [1.29, 1.82) is 0 Å². The van der Waals surface area contributed by atoms with Crippen LogP contribution in [-0.2, 0) is 14.8 Å². The predicted molar refractivity (Wildman–Crippen MR) is 74.6 cm³/mol. The third-order valence-electron chi connectivity index (χ3n) is 2.93. The van der Waals surface area contributed by atoms with E-state index >= 15 is 0 Å². The van der Waals surface area contributed by atoms with Gasteiger partial charge in [-0.1, -0.05) is 11.8 Å². The van der Waals surface area contributed by atoms with Crippen molar-refractivity contribution in [3.8, 4) is 11.8 Å². The molecule has 2 N–H and O–H groups in total. The summed E-state index contributed by atoms with van der Waals surface area (Å²) >= 11 is 0. The first-order valence-electron chi connectivity index (χ1n) is 6.27. The van der Waals surface area contributed by atoms with Crippen LogP contribution in [-0.4, -0.2) is 43.6 Å². The number of aliphatic hydroxyl groups is 1. The Balaban J connectivity index is 2.12. The fourth-order valence-electron chi connectivity index (χ4n) is 1.92. The molecule has 1 fully saturated rings. The van der Waals surface area contributed by atoms with E-state index in [0.29, 0.717) is 31.6 Å². The lowest BCUT2D eigenvalue weighted by molar-refractivity contribution is 0.0984. The topological polar surface area (TPSA) is 88.5 Å². The van der Waals surface area contributed by atoms with Crippen LogP contribution in [0.3, 0.4) is 0 Å². The molecule has 2 heterocycles. The zero-order chi connectivity index (χ0) is 14.4. The molecule has 0 bridgehead atoms. The Hall–Kier alpha value is -1.62. The van der Waals surface area contributed by atoms with E-state index in [9.17, 15) is 8.42 Å². The maximum Gasteiger partial charge on any atom is 0.236 e. The number of pyridine rings is 1. The van der Waals surface area contributed by atoms with Gasteiger partial charge in [0.25, 0.3) is 0 Å². The molecule has 1 aromatic heterocycles. The van der Waals surface area contributed by atoms with Crippen molar-refractivity contribution in [1.82, 2.24) is 4.98 Å². The van der Waals surface area contributed by atoms with E-state index in [-0.39, 0.29) is 12.4 Å². The average Bonchev–Trinajstić information content (AvgIpc) is 2.46. The number of nitrogens with one attached hydrogen (secondary N) is 1. The van der Waals surface area contributed by atoms with Crippen LogP contribution >= 0.6 is 0 Å². The second-order valence-electron chi connectivity index (χ2n) is 4.35. The Kier molecular flexibility index (Phi) is 4.95. The summed E-state index contributed by atoms with van der Waals surface area (Å²) in [7, 11) is -3.46. The van der Waals surface area contributed by atoms with Crippen molar-refractivity contribution in [2.24, 2.45) is 0 Å². The minimum Gasteiger partial charge on any atom is -0.384 e. The molecule has 6 nitrogen and oxygen atoms in total. The fourth-order valence-corrected chi connectivity index (χ4v) is 3.30. The van der Waals surface area contributed by atoms with Crippen molar-refractivity contribution < 1.29 is 18.3 Å². The van der Waals surface area contributed by atoms with Crippen molar-refractivity contribution in [3.05, 3.63) is 23.9 Å². The lowest BCUT2D eigenvalue weighted by atomic mass is 10.2. The van der Waals surface area contributed by atoms with Crippen LogP contribution in [0.1, 0.15) is 18.4 Å². The standard InChI is InChI=1S/C13H16N2O4S/c16-7-1-2-11-3-6-14-13(10-11)15-20(17,18)12-4-8-19-9-5-12/h3,6,10,12,16H,4-5,7-9H2,(H,14,15). The first-order chi connectivity index (χ1) is 9.62. The second kappa shape index (κ2) is 6.70. The quantitative estimate of drug-likeness (QED) is 0.786. The molecule has 1 aromatic rings. The van der Waals surface area contributed by atoms with E-state index in [4.69, 9.17) is 9.84 Å². The molecule has 20 heavy (non-hydrogen) atoms. The summed E-state index contributed by atoms with van der Waals surface area (Å²) in [5, 5.41) is 8.19. The number of sulfonamides is 1. The van der Waals surface area contributed by atoms with E-state index < -0.39 is 15.3 Å². The number of anilines is 1. The summed E-state index contributed by atoms with van der Waals surface area (Å²) in [5.74, 6) is 5.44. The molecule has 2 rings (SSSR count). The molecule has 0 spiro atoms. The normalized spacial score (nSPS) is 16.2. The molecule has 1 saturated heterocycles. The molecule has 0 amide bonds. The molecule has 1 aliphatic heterocycles. The second-order valence-corrected chi connectivity index (χ2v) is 6.31. The smallest absolute Gasteiger partial charge is 0.236 e. The van der Waals surface area contributed by atoms with E-state index in [2.05, 4.69) is 21.5 Å². The maximum absolute atomic E-state index is 12.2. The number of hydrogen-bond donors (Lipinski definition) is 2. The van der Waals surface area contributed by atoms with Gasteiger partial charge in [0.2, 0.25) is 10.0 Å². The van der Waals surface area contributed by atoms with Gasteiger partial charge in [-0.25, -0.2) is 13.4 Å². The molecule has 0 unspecified atom stereocenters. The highest BCUT2D eigenvalue weighted by atomic mass is 32.2. The number of hydrogen-bond acceptors (Lipinski definition) is 5. The van der Waals surface area contributed by atoms with Crippen LogP contribution in [0.25, 0.3) is 0 Å². The lowest BCUT2D eigenvalue weighted by Crippen LogP contribution is -2.33. The lowest BCUT2D eigenvalue weighted by Gasteiger charge is -2.22. The van der Waals surface area contributed by atoms with Gasteiger partial charge in [0.1, 0.15) is 12.4 Å². The molecule has 1 aliphatic rings. The Morgan fingerprint density at radius 3 is 2.90 bits per heavy atom. The van der Waals surface area contributed by atoms with Gasteiger partial charge in [-0.05, 0) is 25.0 Å². The first kappa shape index (κ1) is 14.8. The number of rotatable bonds is 3. The van der Waals surface area contributed by atoms with E-state index in [0.717, 1.165) is 0 Å². The summed E-state index contributed by atoms with van der Waals surface area (Å²) in [4.78, 5) is 3.98. The zero-order valence-electron chi connectivity index (χ0n) is 10.9. The van der Waals surface area contributed by atoms with Crippen molar-refractivity contribution in [2.75, 3.05) is 24.5 Å². The van der Waals surface area contributed by atoms with E-state index in [1.165, 1.54) is 6.20 Å². The van der Waals surface area contributed by atoms with Gasteiger partial charge in [-0.3, -0.25) is 4.72 Å². The van der Waals surface area contributed by atoms with Crippen molar-refractivity contribution >= 4 is 15.8 Å². The van der Waals surface area contributed by atoms with Gasteiger partial charge < -0.3 is 9.84 Å². The molecular weight excluding hydrogens is 280 g/mol. The van der Waals surface area contributed by atoms with Gasteiger partial charge in [0.05, 0.1) is 5.25 Å². The Bertz CT molecular complexity index is 613. The van der Waals surface area contributed by atoms with Crippen molar-refractivity contribution in [2.45, 2.75) is 18.1 Å². The highest BCUT2D eigenvalue weighted by Gasteiger charge is 2.27. The van der Waals surface area contributed by atoms with Gasteiger partial charge >= 0.3 is 0 Å². The van der Waals surface area contributed by atoms with Gasteiger partial charge in [0.15, 0.2) is 0 Å². The SMILES string of the molecule is O=S(=O)(Nc1cc(C#CCO)ccn1)C1CCOCC1. The van der Waals surface area contributed by atoms with Crippen LogP contribution in [0.15, 0.2) is 18.3 Å². The third-order valence-corrected chi connectivity index (χ3v) is 4.77. The van der Waals surface area contributed by atoms with Crippen LogP contribution in [0, 0.1) is 11.8 Å². The monoisotopic (exact) mass is 296 g/mol. The highest BCUT2D eigenvalue weighted by Crippen LogP contribution is 2.18. The first-order valence-corrected chi connectivity index (χ1v) is 7.81. The average molecular weight is 296 g/mol. The number of nitrogens with zero attached hydrogens (tertiary/aromatic N) is 1. The van der Waals surface area contributed by atoms with E-state index in [1.807, 2.05) is 0 Å². The van der Waals surface area contributed by atoms with Crippen LogP contribution in [0.4, 0.5) is 5.82 Å². The summed E-state index contributed by atoms with van der Waals surface area (Å²) in [6, 6.07) is 3.19. The number of aliphatic hydroxyl groups excluding tert-OH is 1. The van der Waals surface area contributed by atoms with Gasteiger partial charge in [-0.15, -0.1) is 0 Å². The predicted octanol–water partition coefficient (Wildman–Crippen LogP) is 0.346. The minimum atomic E-state index is -3.46. The number of ether oxygens (including phenoxy) is 1. The van der Waals surface area contributed by atoms with Crippen LogP contribution in [0.5, 0.6) is 0 Å². The Morgan fingerprint density at radius 1 is 1.45 bits per heavy atom. The summed E-state index contributed by atoms with van der Waals surface area (Å²) < 4.78 is 32.0. The highest BCUT2D eigenvalue weighted by molar-refractivity contribution is 7.93. The van der Waals surface area contributed by atoms with Gasteiger partial charge in [-0.2, -0.15) is 0 Å². The molecule has 0 saturated carbocycles. The Morgan fingerprint density at radius 2 is 2.20 bits per heavy atom. The molecule has 0 radical (unpaired) electrons. The molecule has 0 aliphatic carbocycles. The van der Waals surface area contributed by atoms with Crippen LogP contribution < -0.4 is 4.72 Å². The third kappa shape index (κ3) is 3.93. The zero-order valence-corrected chi connectivity index (χ0v) is 11.7. The maximum atomic E-state index is 12.2. The largest absolute Gasteiger partial charge is 0.384 e. The van der Waals surface area contributed by atoms with Crippen LogP contribution in [0.2, 0.25) is 0 Å². The fraction of sp³-hybridized carbons (Fsp3) is 0.462. The number of aromatic nitrogens is 1. The minimum absolute atomic E-state index is 0.237. The molecular formula is C13H16N2O4S.